The van der Waals surface area contributed by atoms with Crippen LogP contribution >= 0.6 is 35.4 Å². The Labute approximate surface area is 128 Å². The molecule has 0 aliphatic rings. The third-order valence-electron chi connectivity index (χ3n) is 2.59. The fourth-order valence-corrected chi connectivity index (χ4v) is 3.47. The fourth-order valence-electron chi connectivity index (χ4n) is 1.52. The maximum atomic E-state index is 12.1. The smallest absolute Gasteiger partial charge is 0.194 e. The summed E-state index contributed by atoms with van der Waals surface area (Å²) in [6, 6.07) is 5.16. The van der Waals surface area contributed by atoms with Gasteiger partial charge in [-0.1, -0.05) is 29.3 Å². The third-order valence-corrected chi connectivity index (χ3v) is 4.76. The van der Waals surface area contributed by atoms with Crippen molar-refractivity contribution in [3.63, 3.8) is 0 Å². The summed E-state index contributed by atoms with van der Waals surface area (Å²) >= 11 is 16.9. The minimum Gasteiger partial charge on any atom is -0.307 e. The quantitative estimate of drug-likeness (QED) is 0.872. The first-order chi connectivity index (χ1) is 8.97. The number of halogens is 2. The van der Waals surface area contributed by atoms with Crippen LogP contribution in [-0.2, 0) is 29.4 Å². The van der Waals surface area contributed by atoms with Gasteiger partial charge in [0.1, 0.15) is 5.82 Å². The third kappa shape index (κ3) is 3.66. The molecule has 8 heteroatoms. The highest BCUT2D eigenvalue weighted by atomic mass is 35.5. The highest BCUT2D eigenvalue weighted by Gasteiger charge is 2.10. The van der Waals surface area contributed by atoms with E-state index in [9.17, 15) is 4.21 Å². The van der Waals surface area contributed by atoms with E-state index in [0.29, 0.717) is 32.1 Å². The summed E-state index contributed by atoms with van der Waals surface area (Å²) in [5.74, 6) is 1.34. The van der Waals surface area contributed by atoms with E-state index in [-0.39, 0.29) is 0 Å². The first-order valence-electron chi connectivity index (χ1n) is 5.36. The monoisotopic (exact) mass is 335 g/mol. The Hall–Kier alpha value is -0.690. The van der Waals surface area contributed by atoms with Crippen LogP contribution in [0, 0.1) is 4.77 Å². The van der Waals surface area contributed by atoms with Crippen LogP contribution in [0.1, 0.15) is 11.4 Å². The van der Waals surface area contributed by atoms with Crippen LogP contribution in [-0.4, -0.2) is 19.0 Å². The second-order valence-electron chi connectivity index (χ2n) is 3.97. The molecule has 0 aliphatic carbocycles. The highest BCUT2D eigenvalue weighted by Crippen LogP contribution is 2.22. The van der Waals surface area contributed by atoms with Gasteiger partial charge in [0.05, 0.1) is 11.5 Å². The Bertz CT molecular complexity index is 681. The molecule has 19 heavy (non-hydrogen) atoms. The molecule has 1 aromatic heterocycles. The number of nitrogens with zero attached hydrogens (tertiary/aromatic N) is 2. The zero-order valence-electron chi connectivity index (χ0n) is 10.0. The number of H-pyrrole nitrogens is 1. The van der Waals surface area contributed by atoms with Crippen molar-refractivity contribution in [1.82, 2.24) is 14.8 Å². The van der Waals surface area contributed by atoms with E-state index < -0.39 is 10.8 Å². The van der Waals surface area contributed by atoms with Gasteiger partial charge in [0.25, 0.3) is 0 Å². The highest BCUT2D eigenvalue weighted by molar-refractivity contribution is 7.83. The fraction of sp³-hybridized carbons (Fsp3) is 0.273. The molecule has 0 radical (unpaired) electrons. The topological polar surface area (TPSA) is 50.7 Å². The molecule has 0 saturated heterocycles. The number of benzene rings is 1. The predicted molar refractivity (Wildman–Crippen MR) is 80.4 cm³/mol. The van der Waals surface area contributed by atoms with Gasteiger partial charge in [0.15, 0.2) is 4.77 Å². The molecule has 4 nitrogen and oxygen atoms in total. The van der Waals surface area contributed by atoms with Crippen molar-refractivity contribution < 1.29 is 4.21 Å². The molecule has 1 N–H and O–H groups in total. The van der Waals surface area contributed by atoms with Gasteiger partial charge in [-0.2, -0.15) is 5.10 Å². The zero-order valence-corrected chi connectivity index (χ0v) is 13.2. The molecule has 0 fully saturated rings. The van der Waals surface area contributed by atoms with Crippen molar-refractivity contribution in [2.45, 2.75) is 11.5 Å². The first kappa shape index (κ1) is 14.7. The van der Waals surface area contributed by atoms with E-state index in [2.05, 4.69) is 10.2 Å². The molecular formula is C11H11Cl2N3OS2. The summed E-state index contributed by atoms with van der Waals surface area (Å²) in [6.45, 7) is 0. The maximum Gasteiger partial charge on any atom is 0.194 e. The van der Waals surface area contributed by atoms with Crippen LogP contribution in [0.15, 0.2) is 18.2 Å². The lowest BCUT2D eigenvalue weighted by molar-refractivity contribution is 0.679. The summed E-state index contributed by atoms with van der Waals surface area (Å²) in [4.78, 5) is 0. The molecule has 0 spiro atoms. The summed E-state index contributed by atoms with van der Waals surface area (Å²) < 4.78 is 14.3. The van der Waals surface area contributed by atoms with Crippen molar-refractivity contribution in [2.75, 3.05) is 0 Å². The van der Waals surface area contributed by atoms with Gasteiger partial charge in [0.2, 0.25) is 0 Å². The lowest BCUT2D eigenvalue weighted by Crippen LogP contribution is -2.05. The molecular weight excluding hydrogens is 325 g/mol. The summed E-state index contributed by atoms with van der Waals surface area (Å²) in [7, 11) is 0.672. The Balaban J connectivity index is 2.09. The van der Waals surface area contributed by atoms with Gasteiger partial charge in [-0.3, -0.25) is 9.31 Å². The Kier molecular flexibility index (Phi) is 4.78. The lowest BCUT2D eigenvalue weighted by atomic mass is 10.2. The van der Waals surface area contributed by atoms with E-state index in [0.717, 1.165) is 5.56 Å². The van der Waals surface area contributed by atoms with E-state index in [4.69, 9.17) is 35.4 Å². The van der Waals surface area contributed by atoms with Crippen LogP contribution in [0.25, 0.3) is 0 Å². The molecule has 1 atom stereocenters. The van der Waals surface area contributed by atoms with E-state index in [1.807, 2.05) is 0 Å². The molecule has 102 valence electrons. The summed E-state index contributed by atoms with van der Waals surface area (Å²) in [5, 5.41) is 7.78. The molecule has 0 amide bonds. The standard InChI is InChI=1S/C11H11Cl2N3OS2/c1-16-10(14-15-11(16)18)6-19(17)5-7-2-3-8(12)4-9(7)13/h2-4H,5-6H2,1H3,(H,15,18). The number of rotatable bonds is 4. The van der Waals surface area contributed by atoms with Crippen molar-refractivity contribution >= 4 is 46.2 Å². The summed E-state index contributed by atoms with van der Waals surface area (Å²) in [5.41, 5.74) is 0.807. The largest absolute Gasteiger partial charge is 0.307 e. The lowest BCUT2D eigenvalue weighted by Gasteiger charge is -2.05. The van der Waals surface area contributed by atoms with E-state index >= 15 is 0 Å². The zero-order chi connectivity index (χ0) is 14.0. The second kappa shape index (κ2) is 6.17. The first-order valence-corrected chi connectivity index (χ1v) is 8.02. The molecule has 1 aromatic carbocycles. The number of hydrogen-bond donors (Lipinski definition) is 1. The number of aromatic nitrogens is 3. The summed E-state index contributed by atoms with van der Waals surface area (Å²) in [6.07, 6.45) is 0. The molecule has 0 aliphatic heterocycles. The molecule has 2 aromatic rings. The SMILES string of the molecule is Cn1c(CS(=O)Cc2ccc(Cl)cc2Cl)n[nH]c1=S. The van der Waals surface area contributed by atoms with Crippen molar-refractivity contribution in [1.29, 1.82) is 0 Å². The van der Waals surface area contributed by atoms with Crippen LogP contribution < -0.4 is 0 Å². The second-order valence-corrected chi connectivity index (χ2v) is 6.66. The number of hydrogen-bond acceptors (Lipinski definition) is 3. The van der Waals surface area contributed by atoms with Gasteiger partial charge in [0, 0.05) is 27.9 Å². The van der Waals surface area contributed by atoms with Gasteiger partial charge >= 0.3 is 0 Å². The Morgan fingerprint density at radius 1 is 1.42 bits per heavy atom. The number of nitrogens with one attached hydrogen (secondary N) is 1. The van der Waals surface area contributed by atoms with Crippen LogP contribution in [0.3, 0.4) is 0 Å². The maximum absolute atomic E-state index is 12.1. The molecule has 1 unspecified atom stereocenters. The average molecular weight is 336 g/mol. The van der Waals surface area contributed by atoms with Gasteiger partial charge < -0.3 is 4.57 Å². The van der Waals surface area contributed by atoms with Crippen molar-refractivity contribution in [3.8, 4) is 0 Å². The predicted octanol–water partition coefficient (Wildman–Crippen LogP) is 3.23. The van der Waals surface area contributed by atoms with Gasteiger partial charge in [-0.05, 0) is 29.9 Å². The minimum atomic E-state index is -1.11. The van der Waals surface area contributed by atoms with Gasteiger partial charge in [-0.25, -0.2) is 0 Å². The molecule has 2 rings (SSSR count). The van der Waals surface area contributed by atoms with Crippen LogP contribution in [0.5, 0.6) is 0 Å². The normalized spacial score (nSPS) is 12.6. The average Bonchev–Trinajstić information content (AvgIpc) is 2.65. The Morgan fingerprint density at radius 2 is 2.16 bits per heavy atom. The van der Waals surface area contributed by atoms with E-state index in [1.165, 1.54) is 0 Å². The van der Waals surface area contributed by atoms with Crippen molar-refractivity contribution in [3.05, 3.63) is 44.4 Å². The molecule has 1 heterocycles. The Morgan fingerprint density at radius 3 is 2.74 bits per heavy atom. The van der Waals surface area contributed by atoms with Crippen LogP contribution in [0.2, 0.25) is 10.0 Å². The molecule has 0 bridgehead atoms. The van der Waals surface area contributed by atoms with Crippen LogP contribution in [0.4, 0.5) is 0 Å². The molecule has 0 saturated carbocycles. The minimum absolute atomic E-state index is 0.322. The van der Waals surface area contributed by atoms with Gasteiger partial charge in [-0.15, -0.1) is 0 Å². The van der Waals surface area contributed by atoms with E-state index in [1.54, 1.807) is 29.8 Å². The van der Waals surface area contributed by atoms with Crippen molar-refractivity contribution in [2.24, 2.45) is 7.05 Å². The number of aromatic amines is 1.